The van der Waals surface area contributed by atoms with Crippen molar-refractivity contribution in [3.05, 3.63) is 57.8 Å². The number of carbonyl (C=O) groups is 1. The minimum atomic E-state index is 0.103. The first-order chi connectivity index (χ1) is 15.1. The van der Waals surface area contributed by atoms with Gasteiger partial charge in [-0.05, 0) is 49.6 Å². The zero-order valence-corrected chi connectivity index (χ0v) is 19.2. The van der Waals surface area contributed by atoms with E-state index in [1.807, 2.05) is 11.7 Å². The number of ketones is 1. The van der Waals surface area contributed by atoms with E-state index in [9.17, 15) is 4.79 Å². The molecule has 1 aliphatic rings. The molecule has 1 atom stereocenters. The highest BCUT2D eigenvalue weighted by atomic mass is 32.1. The predicted octanol–water partition coefficient (Wildman–Crippen LogP) is 4.50. The first-order valence-corrected chi connectivity index (χ1v) is 12.1. The molecule has 0 saturated carbocycles. The van der Waals surface area contributed by atoms with Crippen LogP contribution in [-0.2, 0) is 24.1 Å². The van der Waals surface area contributed by atoms with Crippen molar-refractivity contribution in [2.45, 2.75) is 39.2 Å². The number of fused-ring (bicyclic) bond motifs is 2. The average Bonchev–Trinajstić information content (AvgIpc) is 3.37. The predicted molar refractivity (Wildman–Crippen MR) is 125 cm³/mol. The topological polar surface area (TPSA) is 71.9 Å². The summed E-state index contributed by atoms with van der Waals surface area (Å²) in [6.07, 6.45) is 4.13. The Balaban J connectivity index is 1.33. The molecule has 6 nitrogen and oxygen atoms in total. The molecule has 1 aromatic carbocycles. The number of hydrogen-bond donors (Lipinski definition) is 0. The molecule has 8 heteroatoms. The third kappa shape index (κ3) is 4.28. The van der Waals surface area contributed by atoms with Crippen LogP contribution < -0.4 is 0 Å². The highest BCUT2D eigenvalue weighted by Gasteiger charge is 2.22. The molecule has 0 fully saturated rings. The molecule has 31 heavy (non-hydrogen) atoms. The molecular weight excluding hydrogens is 426 g/mol. The van der Waals surface area contributed by atoms with Crippen LogP contribution in [0, 0.1) is 0 Å². The molecular formula is C23H23N5OS2. The van der Waals surface area contributed by atoms with Crippen molar-refractivity contribution < 1.29 is 4.79 Å². The van der Waals surface area contributed by atoms with Gasteiger partial charge in [-0.3, -0.25) is 14.7 Å². The molecule has 4 aromatic rings. The molecule has 0 bridgehead atoms. The molecule has 0 aliphatic carbocycles. The Hall–Kier alpha value is -2.55. The van der Waals surface area contributed by atoms with Gasteiger partial charge in [-0.25, -0.2) is 4.98 Å². The molecule has 3 aromatic heterocycles. The number of Topliss-reactive ketones (excluding diaryl/α,β-unsaturated/α-hetero) is 1. The van der Waals surface area contributed by atoms with Crippen LogP contribution in [0.2, 0.25) is 0 Å². The van der Waals surface area contributed by atoms with E-state index in [2.05, 4.69) is 51.3 Å². The normalized spacial score (nSPS) is 15.5. The van der Waals surface area contributed by atoms with E-state index >= 15 is 0 Å². The average molecular weight is 450 g/mol. The fourth-order valence-corrected chi connectivity index (χ4v) is 5.66. The number of pyridine rings is 1. The van der Waals surface area contributed by atoms with Gasteiger partial charge in [0.1, 0.15) is 15.8 Å². The fraction of sp³-hybridized carbons (Fsp3) is 0.348. The molecule has 4 heterocycles. The quantitative estimate of drug-likeness (QED) is 0.447. The second kappa shape index (κ2) is 8.53. The van der Waals surface area contributed by atoms with Gasteiger partial charge in [0.2, 0.25) is 0 Å². The molecule has 1 aliphatic heterocycles. The zero-order valence-electron chi connectivity index (χ0n) is 17.5. The standard InChI is InChI=1S/C23H23N5OS2/c1-14(29)9-22-26-27-23(31-22)18-10-17-5-7-28(8-6-19(17)24-12-18)15(2)16-3-4-21-20(11-16)25-13-30-21/h3-4,10-13,15H,5-9H2,1-2H3. The number of nitrogens with zero attached hydrogens (tertiary/aromatic N) is 5. The second-order valence-corrected chi connectivity index (χ2v) is 9.95. The summed E-state index contributed by atoms with van der Waals surface area (Å²) < 4.78 is 1.24. The molecule has 158 valence electrons. The summed E-state index contributed by atoms with van der Waals surface area (Å²) >= 11 is 3.16. The minimum absolute atomic E-state index is 0.103. The molecule has 1 unspecified atom stereocenters. The third-order valence-corrected chi connectivity index (χ3v) is 7.64. The molecule has 0 amide bonds. The number of hydrogen-bond acceptors (Lipinski definition) is 8. The van der Waals surface area contributed by atoms with Gasteiger partial charge in [-0.1, -0.05) is 17.4 Å². The van der Waals surface area contributed by atoms with Crippen LogP contribution in [0.3, 0.4) is 0 Å². The van der Waals surface area contributed by atoms with E-state index in [0.29, 0.717) is 12.5 Å². The lowest BCUT2D eigenvalue weighted by Gasteiger charge is -2.27. The Kier molecular flexibility index (Phi) is 5.60. The van der Waals surface area contributed by atoms with Crippen molar-refractivity contribution in [2.75, 3.05) is 13.1 Å². The largest absolute Gasteiger partial charge is 0.300 e. The van der Waals surface area contributed by atoms with Crippen molar-refractivity contribution in [1.82, 2.24) is 25.1 Å². The van der Waals surface area contributed by atoms with Gasteiger partial charge < -0.3 is 0 Å². The van der Waals surface area contributed by atoms with Crippen LogP contribution in [0.25, 0.3) is 20.8 Å². The molecule has 0 radical (unpaired) electrons. The van der Waals surface area contributed by atoms with Crippen molar-refractivity contribution in [3.63, 3.8) is 0 Å². The van der Waals surface area contributed by atoms with Crippen LogP contribution in [0.1, 0.15) is 41.7 Å². The van der Waals surface area contributed by atoms with Gasteiger partial charge in [0, 0.05) is 43.0 Å². The summed E-state index contributed by atoms with van der Waals surface area (Å²) in [5, 5.41) is 10.0. The second-order valence-electron chi connectivity index (χ2n) is 8.00. The number of aromatic nitrogens is 4. The Morgan fingerprint density at radius 2 is 2.03 bits per heavy atom. The lowest BCUT2D eigenvalue weighted by atomic mass is 10.1. The minimum Gasteiger partial charge on any atom is -0.300 e. The number of rotatable bonds is 5. The maximum absolute atomic E-state index is 11.3. The van der Waals surface area contributed by atoms with Crippen molar-refractivity contribution in [1.29, 1.82) is 0 Å². The van der Waals surface area contributed by atoms with Crippen LogP contribution in [0.5, 0.6) is 0 Å². The lowest BCUT2D eigenvalue weighted by molar-refractivity contribution is -0.116. The summed E-state index contributed by atoms with van der Waals surface area (Å²) in [5.74, 6) is 0.103. The van der Waals surface area contributed by atoms with Gasteiger partial charge in [-0.15, -0.1) is 21.5 Å². The van der Waals surface area contributed by atoms with E-state index < -0.39 is 0 Å². The van der Waals surface area contributed by atoms with Gasteiger partial charge in [-0.2, -0.15) is 0 Å². The Labute approximate surface area is 189 Å². The summed E-state index contributed by atoms with van der Waals surface area (Å²) in [4.78, 5) is 23.1. The number of thiazole rings is 1. The van der Waals surface area contributed by atoms with E-state index in [1.165, 1.54) is 32.9 Å². The van der Waals surface area contributed by atoms with Gasteiger partial charge in [0.15, 0.2) is 0 Å². The molecule has 5 rings (SSSR count). The summed E-state index contributed by atoms with van der Waals surface area (Å²) in [6.45, 7) is 5.82. The first kappa shape index (κ1) is 20.4. The van der Waals surface area contributed by atoms with Crippen LogP contribution in [0.4, 0.5) is 0 Å². The first-order valence-electron chi connectivity index (χ1n) is 10.4. The van der Waals surface area contributed by atoms with Crippen LogP contribution in [-0.4, -0.2) is 43.9 Å². The maximum Gasteiger partial charge on any atom is 0.149 e. The Morgan fingerprint density at radius 3 is 2.90 bits per heavy atom. The SMILES string of the molecule is CC(=O)Cc1nnc(-c2cnc3c(c2)CCN(C(C)c2ccc4scnc4c2)CC3)s1. The van der Waals surface area contributed by atoms with Crippen molar-refractivity contribution in [2.24, 2.45) is 0 Å². The monoisotopic (exact) mass is 449 g/mol. The number of carbonyl (C=O) groups excluding carboxylic acids is 1. The van der Waals surface area contributed by atoms with Crippen molar-refractivity contribution in [3.8, 4) is 10.6 Å². The lowest BCUT2D eigenvalue weighted by Crippen LogP contribution is -2.29. The zero-order chi connectivity index (χ0) is 21.4. The fourth-order valence-electron chi connectivity index (χ4n) is 4.11. The Bertz CT molecular complexity index is 1250. The van der Waals surface area contributed by atoms with E-state index in [0.717, 1.165) is 47.0 Å². The van der Waals surface area contributed by atoms with Crippen molar-refractivity contribution >= 4 is 38.7 Å². The van der Waals surface area contributed by atoms with E-state index in [4.69, 9.17) is 4.98 Å². The smallest absolute Gasteiger partial charge is 0.149 e. The highest BCUT2D eigenvalue weighted by Crippen LogP contribution is 2.30. The Morgan fingerprint density at radius 1 is 1.16 bits per heavy atom. The van der Waals surface area contributed by atoms with E-state index in [-0.39, 0.29) is 5.78 Å². The van der Waals surface area contributed by atoms with Crippen LogP contribution in [0.15, 0.2) is 36.0 Å². The van der Waals surface area contributed by atoms with Gasteiger partial charge >= 0.3 is 0 Å². The number of benzene rings is 1. The highest BCUT2D eigenvalue weighted by molar-refractivity contribution is 7.16. The van der Waals surface area contributed by atoms with Gasteiger partial charge in [0.05, 0.1) is 22.1 Å². The molecule has 0 spiro atoms. The van der Waals surface area contributed by atoms with E-state index in [1.54, 1.807) is 18.3 Å². The maximum atomic E-state index is 11.3. The molecule has 0 saturated heterocycles. The summed E-state index contributed by atoms with van der Waals surface area (Å²) in [7, 11) is 0. The summed E-state index contributed by atoms with van der Waals surface area (Å²) in [5.41, 5.74) is 7.74. The van der Waals surface area contributed by atoms with Crippen LogP contribution >= 0.6 is 22.7 Å². The third-order valence-electron chi connectivity index (χ3n) is 5.86. The summed E-state index contributed by atoms with van der Waals surface area (Å²) in [6, 6.07) is 9.17. The molecule has 0 N–H and O–H groups in total. The van der Waals surface area contributed by atoms with Gasteiger partial charge in [0.25, 0.3) is 0 Å².